The lowest BCUT2D eigenvalue weighted by molar-refractivity contribution is -0.241. The molecule has 222 valence electrons. The fraction of sp³-hybridized carbons (Fsp3) is 0.440. The number of rotatable bonds is 9. The van der Waals surface area contributed by atoms with Crippen LogP contribution in [0.2, 0.25) is 0 Å². The molecule has 7 N–H and O–H groups in total. The van der Waals surface area contributed by atoms with Gasteiger partial charge in [0.2, 0.25) is 12.2 Å². The zero-order chi connectivity index (χ0) is 30.0. The van der Waals surface area contributed by atoms with Gasteiger partial charge in [-0.15, -0.1) is 0 Å². The molecule has 1 aromatic heterocycles. The summed E-state index contributed by atoms with van der Waals surface area (Å²) in [7, 11) is 4.92. The number of hydrogen-bond donors (Lipinski definition) is 6. The Hall–Kier alpha value is -4.06. The highest BCUT2D eigenvalue weighted by Gasteiger charge is 2.52. The van der Waals surface area contributed by atoms with Crippen molar-refractivity contribution in [3.05, 3.63) is 69.2 Å². The first-order valence-corrected chi connectivity index (χ1v) is 12.4. The van der Waals surface area contributed by atoms with Crippen LogP contribution in [0.4, 0.5) is 11.4 Å². The van der Waals surface area contributed by atoms with E-state index in [0.29, 0.717) is 5.69 Å². The van der Waals surface area contributed by atoms with Crippen LogP contribution < -0.4 is 27.2 Å². The van der Waals surface area contributed by atoms with Crippen molar-refractivity contribution >= 4 is 23.2 Å². The molecule has 0 bridgehead atoms. The van der Waals surface area contributed by atoms with Gasteiger partial charge in [0, 0.05) is 44.8 Å². The van der Waals surface area contributed by atoms with E-state index in [-0.39, 0.29) is 0 Å². The quantitative estimate of drug-likeness (QED) is 0.180. The summed E-state index contributed by atoms with van der Waals surface area (Å²) < 4.78 is 23.0. The first kappa shape index (κ1) is 29.9. The average molecular weight is 578 g/mol. The third-order valence-electron chi connectivity index (χ3n) is 6.57. The lowest BCUT2D eigenvalue weighted by atomic mass is 10.0. The second-order valence-corrected chi connectivity index (χ2v) is 9.55. The third-order valence-corrected chi connectivity index (χ3v) is 6.57. The van der Waals surface area contributed by atoms with Crippen LogP contribution >= 0.6 is 0 Å². The average Bonchev–Trinajstić information content (AvgIpc) is 3.24. The minimum Gasteiger partial charge on any atom is -0.456 e. The summed E-state index contributed by atoms with van der Waals surface area (Å²) in [5, 5.41) is 34.3. The fourth-order valence-corrected chi connectivity index (χ4v) is 4.42. The molecule has 0 saturated carbocycles. The van der Waals surface area contributed by atoms with Crippen molar-refractivity contribution in [1.29, 1.82) is 0 Å². The molecule has 41 heavy (non-hydrogen) atoms. The van der Waals surface area contributed by atoms with E-state index in [1.165, 1.54) is 7.11 Å². The van der Waals surface area contributed by atoms with Crippen LogP contribution in [-0.2, 0) is 28.5 Å². The molecule has 0 aliphatic carbocycles. The van der Waals surface area contributed by atoms with Crippen molar-refractivity contribution in [2.75, 3.05) is 31.4 Å². The van der Waals surface area contributed by atoms with E-state index in [4.69, 9.17) is 24.7 Å². The van der Waals surface area contributed by atoms with E-state index in [1.807, 2.05) is 24.0 Å². The largest absolute Gasteiger partial charge is 0.456 e. The van der Waals surface area contributed by atoms with E-state index < -0.39 is 78.0 Å². The van der Waals surface area contributed by atoms with Crippen LogP contribution in [0, 0.1) is 0 Å². The van der Waals surface area contributed by atoms with Crippen LogP contribution in [0.25, 0.3) is 0 Å². The van der Waals surface area contributed by atoms with Crippen molar-refractivity contribution in [2.45, 2.75) is 49.1 Å². The highest BCUT2D eigenvalue weighted by atomic mass is 16.7. The number of anilines is 2. The van der Waals surface area contributed by atoms with E-state index >= 15 is 0 Å². The molecule has 16 heteroatoms. The van der Waals surface area contributed by atoms with E-state index in [9.17, 15) is 34.5 Å². The first-order chi connectivity index (χ1) is 19.4. The summed E-state index contributed by atoms with van der Waals surface area (Å²) in [6.45, 7) is 0. The Morgan fingerprint density at radius 1 is 1.12 bits per heavy atom. The molecular formula is C25H31N5O11. The minimum absolute atomic E-state index is 0.415. The molecule has 16 nitrogen and oxygen atoms in total. The van der Waals surface area contributed by atoms with Crippen LogP contribution in [0.3, 0.4) is 0 Å². The number of aromatic nitrogens is 2. The van der Waals surface area contributed by atoms with Gasteiger partial charge in [0.25, 0.3) is 11.5 Å². The number of carbonyl (C=O) groups excluding carboxylic acids is 2. The van der Waals surface area contributed by atoms with E-state index in [1.54, 1.807) is 24.3 Å². The van der Waals surface area contributed by atoms with Crippen LogP contribution in [-0.4, -0.2) is 101 Å². The van der Waals surface area contributed by atoms with Crippen molar-refractivity contribution in [1.82, 2.24) is 9.55 Å². The number of nitrogens with one attached hydrogen (secondary N) is 2. The number of ether oxygens (including phenoxy) is 4. The predicted molar refractivity (Wildman–Crippen MR) is 140 cm³/mol. The predicted octanol–water partition coefficient (Wildman–Crippen LogP) is -2.65. The maximum Gasteiger partial charge on any atom is 0.330 e. The van der Waals surface area contributed by atoms with E-state index in [2.05, 4.69) is 5.32 Å². The summed E-state index contributed by atoms with van der Waals surface area (Å²) in [4.78, 5) is 53.0. The Morgan fingerprint density at radius 3 is 2.39 bits per heavy atom. The van der Waals surface area contributed by atoms with Crippen molar-refractivity contribution in [3.63, 3.8) is 0 Å². The normalized spacial score (nSPS) is 28.3. The highest BCUT2D eigenvalue weighted by molar-refractivity contribution is 6.02. The number of amides is 2. The highest BCUT2D eigenvalue weighted by Crippen LogP contribution is 2.34. The third kappa shape index (κ3) is 6.32. The van der Waals surface area contributed by atoms with Gasteiger partial charge in [-0.3, -0.25) is 23.9 Å². The van der Waals surface area contributed by atoms with Gasteiger partial charge in [-0.05, 0) is 30.3 Å². The van der Waals surface area contributed by atoms with Gasteiger partial charge in [0.05, 0.1) is 0 Å². The van der Waals surface area contributed by atoms with Gasteiger partial charge >= 0.3 is 5.69 Å². The van der Waals surface area contributed by atoms with Gasteiger partial charge in [-0.25, -0.2) is 4.79 Å². The SMILES string of the molecule is CO[C@H]1[C@@H](O)[C@H](n2ccc(=O)[nH]c2=O)O[C@@H]1[C@@H](O[C@H]1OC(C(=O)Nc2ccc(N(C)C)cc2)=C[C@H](O)[C@@H]1O)C(N)=O. The molecule has 1 saturated heterocycles. The smallest absolute Gasteiger partial charge is 0.330 e. The molecule has 2 amide bonds. The molecule has 2 aliphatic heterocycles. The molecule has 2 aromatic rings. The molecule has 3 heterocycles. The number of nitrogens with two attached hydrogens (primary N) is 1. The molecule has 8 atom stereocenters. The maximum absolute atomic E-state index is 12.9. The van der Waals surface area contributed by atoms with Crippen molar-refractivity contribution in [2.24, 2.45) is 5.73 Å². The second-order valence-electron chi connectivity index (χ2n) is 9.55. The summed E-state index contributed by atoms with van der Waals surface area (Å²) >= 11 is 0. The molecule has 2 aliphatic rings. The van der Waals surface area contributed by atoms with Crippen molar-refractivity contribution in [3.8, 4) is 0 Å². The Balaban J connectivity index is 1.52. The number of aliphatic hydroxyl groups excluding tert-OH is 3. The number of nitrogens with zero attached hydrogens (tertiary/aromatic N) is 2. The summed E-state index contributed by atoms with van der Waals surface area (Å²) in [5.74, 6) is -2.33. The Bertz CT molecular complexity index is 1410. The number of benzene rings is 1. The maximum atomic E-state index is 12.9. The first-order valence-electron chi connectivity index (χ1n) is 12.4. The molecule has 0 spiro atoms. The number of H-pyrrole nitrogens is 1. The van der Waals surface area contributed by atoms with Gasteiger partial charge in [-0.1, -0.05) is 0 Å². The number of primary amides is 1. The summed E-state index contributed by atoms with van der Waals surface area (Å²) in [6, 6.07) is 7.86. The molecule has 0 unspecified atom stereocenters. The molecule has 1 aromatic carbocycles. The fourth-order valence-electron chi connectivity index (χ4n) is 4.42. The standard InChI is InChI=1S/C25H31N5O11/c1-29(2)12-6-4-11(5-7-12)27-22(36)14-10-13(31)16(33)24(39-14)41-20(21(26)35)19-18(38-3)17(34)23(40-19)30-9-8-15(32)28-25(30)37/h4-10,13,16-20,23-24,31,33-34H,1-3H3,(H2,26,35)(H,27,36)(H,28,32,37)/t13-,16-,17+,18-,19-,20+,23+,24+/m0/s1. The minimum atomic E-state index is -1.79. The van der Waals surface area contributed by atoms with Crippen LogP contribution in [0.1, 0.15) is 6.23 Å². The molecular weight excluding hydrogens is 546 g/mol. The van der Waals surface area contributed by atoms with Gasteiger partial charge in [-0.2, -0.15) is 0 Å². The topological polar surface area (TPSA) is 228 Å². The number of aromatic amines is 1. The molecule has 0 radical (unpaired) electrons. The van der Waals surface area contributed by atoms with Crippen LogP contribution in [0.15, 0.2) is 58.0 Å². The van der Waals surface area contributed by atoms with Gasteiger partial charge < -0.3 is 50.2 Å². The van der Waals surface area contributed by atoms with Crippen LogP contribution in [0.5, 0.6) is 0 Å². The van der Waals surface area contributed by atoms with E-state index in [0.717, 1.165) is 28.6 Å². The second kappa shape index (κ2) is 12.2. The Labute approximate surface area is 232 Å². The Morgan fingerprint density at radius 2 is 1.80 bits per heavy atom. The van der Waals surface area contributed by atoms with Crippen molar-refractivity contribution < 1.29 is 43.9 Å². The Kier molecular flexibility index (Phi) is 8.91. The number of hydrogen-bond acceptors (Lipinski definition) is 12. The monoisotopic (exact) mass is 577 g/mol. The number of carbonyl (C=O) groups is 2. The molecule has 1 fully saturated rings. The van der Waals surface area contributed by atoms with Gasteiger partial charge in [0.1, 0.15) is 30.5 Å². The lowest BCUT2D eigenvalue weighted by Gasteiger charge is -2.35. The van der Waals surface area contributed by atoms with Gasteiger partial charge in [0.15, 0.2) is 18.1 Å². The summed E-state index contributed by atoms with van der Waals surface area (Å²) in [5.41, 5.74) is 5.27. The number of aliphatic hydroxyl groups is 3. The molecule has 4 rings (SSSR count). The zero-order valence-corrected chi connectivity index (χ0v) is 22.2. The zero-order valence-electron chi connectivity index (χ0n) is 22.2. The summed E-state index contributed by atoms with van der Waals surface area (Å²) in [6.07, 6.45) is -10.6. The number of methoxy groups -OCH3 is 1. The lowest BCUT2D eigenvalue weighted by Crippen LogP contribution is -2.53.